The number of nitrogens with one attached hydrogen (secondary N) is 1. The minimum absolute atomic E-state index is 0.0637. The molecule has 0 saturated heterocycles. The highest BCUT2D eigenvalue weighted by atomic mass is 35.5. The molecule has 0 spiro atoms. The van der Waals surface area contributed by atoms with Gasteiger partial charge in [-0.15, -0.1) is 0 Å². The van der Waals surface area contributed by atoms with Gasteiger partial charge in [-0.05, 0) is 56.2 Å². The normalized spacial score (nSPS) is 16.5. The van der Waals surface area contributed by atoms with Crippen molar-refractivity contribution < 1.29 is 22.7 Å². The van der Waals surface area contributed by atoms with Crippen LogP contribution in [0.5, 0.6) is 5.75 Å². The van der Waals surface area contributed by atoms with E-state index in [-0.39, 0.29) is 22.0 Å². The van der Waals surface area contributed by atoms with Crippen LogP contribution in [0.1, 0.15) is 45.1 Å². The fraction of sp³-hybridized carbons (Fsp3) is 0.320. The number of halogens is 1. The second-order valence-electron chi connectivity index (χ2n) is 7.78. The molecule has 6 nitrogen and oxygen atoms in total. The molecule has 33 heavy (non-hydrogen) atoms. The zero-order valence-corrected chi connectivity index (χ0v) is 20.7. The monoisotopic (exact) mass is 489 g/mol. The standard InChI is InChI=1S/C25H28ClNO5S/c1-5-6-15-32-25(28)22-16(2)27-17(3)24(23(22)20-9-7-8-10-21(20)26)33(29,30)19-13-11-18(31-4)12-14-19/h7-14,23,27H,5-6,15H2,1-4H3. The molecule has 1 atom stereocenters. The number of carbonyl (C=O) groups excluding carboxylic acids is 1. The summed E-state index contributed by atoms with van der Waals surface area (Å²) in [6.45, 7) is 5.67. The lowest BCUT2D eigenvalue weighted by molar-refractivity contribution is -0.139. The number of benzene rings is 2. The summed E-state index contributed by atoms with van der Waals surface area (Å²) in [7, 11) is -2.49. The topological polar surface area (TPSA) is 81.7 Å². The minimum atomic E-state index is -4.00. The van der Waals surface area contributed by atoms with Gasteiger partial charge in [-0.1, -0.05) is 43.1 Å². The van der Waals surface area contributed by atoms with Crippen molar-refractivity contribution in [2.24, 2.45) is 0 Å². The first kappa shape index (κ1) is 24.9. The van der Waals surface area contributed by atoms with Gasteiger partial charge in [0.2, 0.25) is 9.84 Å². The predicted molar refractivity (Wildman–Crippen MR) is 129 cm³/mol. The van der Waals surface area contributed by atoms with E-state index in [0.29, 0.717) is 34.2 Å². The molecule has 0 fully saturated rings. The van der Waals surface area contributed by atoms with E-state index < -0.39 is 21.7 Å². The highest BCUT2D eigenvalue weighted by molar-refractivity contribution is 7.95. The molecule has 176 valence electrons. The molecule has 1 aliphatic heterocycles. The maximum Gasteiger partial charge on any atom is 0.336 e. The Balaban J connectivity index is 2.19. The van der Waals surface area contributed by atoms with Crippen molar-refractivity contribution in [3.63, 3.8) is 0 Å². The van der Waals surface area contributed by atoms with E-state index in [9.17, 15) is 13.2 Å². The first-order valence-corrected chi connectivity index (χ1v) is 12.6. The van der Waals surface area contributed by atoms with Gasteiger partial charge in [-0.25, -0.2) is 13.2 Å². The number of sulfone groups is 1. The SMILES string of the molecule is CCCCOC(=O)C1=C(C)NC(C)=C(S(=O)(=O)c2ccc(OC)cc2)C1c1ccccc1Cl. The Labute approximate surface area is 200 Å². The summed E-state index contributed by atoms with van der Waals surface area (Å²) in [5.74, 6) is -0.936. The molecule has 8 heteroatoms. The maximum atomic E-state index is 13.9. The molecule has 3 rings (SSSR count). The van der Waals surface area contributed by atoms with Crippen molar-refractivity contribution in [2.75, 3.05) is 13.7 Å². The Hall–Kier alpha value is -2.77. The molecule has 1 unspecified atom stereocenters. The van der Waals surface area contributed by atoms with E-state index in [1.165, 1.54) is 19.2 Å². The van der Waals surface area contributed by atoms with E-state index in [2.05, 4.69) is 5.32 Å². The third-order valence-corrected chi connectivity index (χ3v) is 7.88. The van der Waals surface area contributed by atoms with Gasteiger partial charge in [-0.2, -0.15) is 0 Å². The Morgan fingerprint density at radius 1 is 1.06 bits per heavy atom. The summed E-state index contributed by atoms with van der Waals surface area (Å²) in [5.41, 5.74) is 1.72. The van der Waals surface area contributed by atoms with Crippen LogP contribution in [0.3, 0.4) is 0 Å². The lowest BCUT2D eigenvalue weighted by Gasteiger charge is -2.31. The van der Waals surface area contributed by atoms with Gasteiger partial charge in [0, 0.05) is 16.4 Å². The number of dihydropyridines is 1. The first-order valence-electron chi connectivity index (χ1n) is 10.7. The molecule has 1 heterocycles. The van der Waals surface area contributed by atoms with E-state index in [0.717, 1.165) is 6.42 Å². The number of esters is 1. The molecule has 1 N–H and O–H groups in total. The number of rotatable bonds is 8. The van der Waals surface area contributed by atoms with Crippen molar-refractivity contribution in [2.45, 2.75) is 44.4 Å². The Kier molecular flexibility index (Phi) is 7.87. The second kappa shape index (κ2) is 10.4. The first-order chi connectivity index (χ1) is 15.7. The summed E-state index contributed by atoms with van der Waals surface area (Å²) < 4.78 is 38.4. The highest BCUT2D eigenvalue weighted by Gasteiger charge is 2.41. The van der Waals surface area contributed by atoms with Gasteiger partial charge >= 0.3 is 5.97 Å². The lowest BCUT2D eigenvalue weighted by Crippen LogP contribution is -2.32. The minimum Gasteiger partial charge on any atom is -0.497 e. The summed E-state index contributed by atoms with van der Waals surface area (Å²) >= 11 is 6.52. The van der Waals surface area contributed by atoms with Gasteiger partial charge in [0.15, 0.2) is 0 Å². The molecule has 0 aliphatic carbocycles. The number of methoxy groups -OCH3 is 1. The average Bonchev–Trinajstić information content (AvgIpc) is 2.78. The number of hydrogen-bond acceptors (Lipinski definition) is 6. The largest absolute Gasteiger partial charge is 0.497 e. The van der Waals surface area contributed by atoms with Gasteiger partial charge in [0.1, 0.15) is 5.75 Å². The van der Waals surface area contributed by atoms with Crippen molar-refractivity contribution in [3.05, 3.63) is 81.0 Å². The Bertz CT molecular complexity index is 1200. The highest BCUT2D eigenvalue weighted by Crippen LogP contribution is 2.45. The molecule has 2 aromatic carbocycles. The van der Waals surface area contributed by atoms with Crippen molar-refractivity contribution in [1.29, 1.82) is 0 Å². The zero-order chi connectivity index (χ0) is 24.2. The van der Waals surface area contributed by atoms with Gasteiger partial charge in [-0.3, -0.25) is 0 Å². The maximum absolute atomic E-state index is 13.9. The van der Waals surface area contributed by atoms with Crippen LogP contribution in [0.4, 0.5) is 0 Å². The fourth-order valence-electron chi connectivity index (χ4n) is 3.88. The fourth-order valence-corrected chi connectivity index (χ4v) is 5.88. The predicted octanol–water partition coefficient (Wildman–Crippen LogP) is 5.36. The van der Waals surface area contributed by atoms with Crippen LogP contribution in [0.2, 0.25) is 5.02 Å². The second-order valence-corrected chi connectivity index (χ2v) is 10.1. The van der Waals surface area contributed by atoms with Gasteiger partial charge in [0.25, 0.3) is 0 Å². The van der Waals surface area contributed by atoms with Crippen LogP contribution in [0, 0.1) is 0 Å². The van der Waals surface area contributed by atoms with Gasteiger partial charge < -0.3 is 14.8 Å². The lowest BCUT2D eigenvalue weighted by atomic mass is 9.86. The summed E-state index contributed by atoms with van der Waals surface area (Å²) in [6, 6.07) is 13.1. The van der Waals surface area contributed by atoms with Gasteiger partial charge in [0.05, 0.1) is 35.0 Å². The van der Waals surface area contributed by atoms with Crippen LogP contribution >= 0.6 is 11.6 Å². The quantitative estimate of drug-likeness (QED) is 0.397. The van der Waals surface area contributed by atoms with Crippen LogP contribution in [0.15, 0.2) is 75.3 Å². The third kappa shape index (κ3) is 5.09. The van der Waals surface area contributed by atoms with E-state index >= 15 is 0 Å². The molecular formula is C25H28ClNO5S. The average molecular weight is 490 g/mol. The van der Waals surface area contributed by atoms with E-state index in [1.807, 2.05) is 6.92 Å². The van der Waals surface area contributed by atoms with Crippen molar-refractivity contribution in [3.8, 4) is 5.75 Å². The number of hydrogen-bond donors (Lipinski definition) is 1. The number of allylic oxidation sites excluding steroid dienone is 3. The third-order valence-electron chi connectivity index (χ3n) is 5.53. The van der Waals surface area contributed by atoms with Crippen molar-refractivity contribution in [1.82, 2.24) is 5.32 Å². The Morgan fingerprint density at radius 3 is 2.33 bits per heavy atom. The molecule has 0 saturated carbocycles. The molecule has 1 aliphatic rings. The van der Waals surface area contributed by atoms with Crippen LogP contribution in [0.25, 0.3) is 0 Å². The smallest absolute Gasteiger partial charge is 0.336 e. The van der Waals surface area contributed by atoms with Crippen molar-refractivity contribution >= 4 is 27.4 Å². The number of unbranched alkanes of at least 4 members (excludes halogenated alkanes) is 1. The zero-order valence-electron chi connectivity index (χ0n) is 19.1. The summed E-state index contributed by atoms with van der Waals surface area (Å²) in [6.07, 6.45) is 1.59. The van der Waals surface area contributed by atoms with Crippen LogP contribution < -0.4 is 10.1 Å². The molecular weight excluding hydrogens is 462 g/mol. The van der Waals surface area contributed by atoms with E-state index in [1.54, 1.807) is 50.2 Å². The molecule has 0 amide bonds. The number of ether oxygens (including phenoxy) is 2. The van der Waals surface area contributed by atoms with Crippen LogP contribution in [-0.2, 0) is 19.4 Å². The van der Waals surface area contributed by atoms with Crippen LogP contribution in [-0.4, -0.2) is 28.1 Å². The molecule has 0 bridgehead atoms. The summed E-state index contributed by atoms with van der Waals surface area (Å²) in [4.78, 5) is 13.3. The molecule has 0 radical (unpaired) electrons. The molecule has 2 aromatic rings. The Morgan fingerprint density at radius 2 is 1.73 bits per heavy atom. The summed E-state index contributed by atoms with van der Waals surface area (Å²) in [5, 5.41) is 3.45. The van der Waals surface area contributed by atoms with E-state index in [4.69, 9.17) is 21.1 Å². The number of carbonyl (C=O) groups is 1. The molecule has 0 aromatic heterocycles.